The molecular formula is C22H24Cl2N2O5. The van der Waals surface area contributed by atoms with Gasteiger partial charge in [0.2, 0.25) is 11.8 Å². The van der Waals surface area contributed by atoms with Crippen molar-refractivity contribution in [3.8, 4) is 11.5 Å². The third-order valence-electron chi connectivity index (χ3n) is 4.81. The standard InChI is InChI=1S/C22H24Cl2N2O5/c1-2-30-18-8-4-3-7-17(18)26-12-14(10-20(26)28)22(29)25-11-15(27)13-31-19-9-5-6-16(23)21(19)24/h3-9,14-15,27H,2,10-13H2,1H3,(H,25,29). The largest absolute Gasteiger partial charge is 0.492 e. The summed E-state index contributed by atoms with van der Waals surface area (Å²) in [5.74, 6) is -0.00905. The lowest BCUT2D eigenvalue weighted by molar-refractivity contribution is -0.126. The second-order valence-electron chi connectivity index (χ2n) is 7.07. The summed E-state index contributed by atoms with van der Waals surface area (Å²) in [6.07, 6.45) is -0.859. The number of rotatable bonds is 9. The van der Waals surface area contributed by atoms with Gasteiger partial charge in [0.1, 0.15) is 29.2 Å². The topological polar surface area (TPSA) is 88.1 Å². The molecule has 0 aliphatic carbocycles. The Labute approximate surface area is 190 Å². The zero-order chi connectivity index (χ0) is 22.4. The highest BCUT2D eigenvalue weighted by molar-refractivity contribution is 6.42. The molecule has 31 heavy (non-hydrogen) atoms. The van der Waals surface area contributed by atoms with Crippen molar-refractivity contribution < 1.29 is 24.2 Å². The highest BCUT2D eigenvalue weighted by Gasteiger charge is 2.36. The molecule has 1 aliphatic heterocycles. The van der Waals surface area contributed by atoms with Gasteiger partial charge in [0.25, 0.3) is 0 Å². The van der Waals surface area contributed by atoms with Crippen LogP contribution in [0.15, 0.2) is 42.5 Å². The summed E-state index contributed by atoms with van der Waals surface area (Å²) in [6, 6.07) is 12.2. The van der Waals surface area contributed by atoms with Crippen LogP contribution in [0.2, 0.25) is 10.0 Å². The predicted octanol–water partition coefficient (Wildman–Crippen LogP) is 3.30. The molecule has 1 heterocycles. The predicted molar refractivity (Wildman–Crippen MR) is 119 cm³/mol. The van der Waals surface area contributed by atoms with Gasteiger partial charge in [-0.15, -0.1) is 0 Å². The van der Waals surface area contributed by atoms with Crippen LogP contribution in [0, 0.1) is 5.92 Å². The molecule has 0 bridgehead atoms. The Morgan fingerprint density at radius 3 is 2.71 bits per heavy atom. The first-order chi connectivity index (χ1) is 14.9. The number of benzene rings is 2. The van der Waals surface area contributed by atoms with E-state index in [1.807, 2.05) is 19.1 Å². The van der Waals surface area contributed by atoms with Crippen LogP contribution in [0.4, 0.5) is 5.69 Å². The molecule has 1 saturated heterocycles. The minimum atomic E-state index is -0.953. The fourth-order valence-electron chi connectivity index (χ4n) is 3.28. The number of hydrogen-bond acceptors (Lipinski definition) is 5. The number of nitrogens with zero attached hydrogens (tertiary/aromatic N) is 1. The summed E-state index contributed by atoms with van der Waals surface area (Å²) >= 11 is 12.0. The van der Waals surface area contributed by atoms with E-state index in [4.69, 9.17) is 32.7 Å². The van der Waals surface area contributed by atoms with E-state index in [1.54, 1.807) is 35.2 Å². The summed E-state index contributed by atoms with van der Waals surface area (Å²) in [5.41, 5.74) is 0.650. The van der Waals surface area contributed by atoms with Crippen molar-refractivity contribution in [1.29, 1.82) is 0 Å². The van der Waals surface area contributed by atoms with Gasteiger partial charge in [0.15, 0.2) is 0 Å². The van der Waals surface area contributed by atoms with Crippen LogP contribution >= 0.6 is 23.2 Å². The number of aliphatic hydroxyl groups is 1. The molecule has 1 fully saturated rings. The molecule has 0 spiro atoms. The van der Waals surface area contributed by atoms with Crippen LogP contribution in [-0.2, 0) is 9.59 Å². The minimum absolute atomic E-state index is 0.0166. The lowest BCUT2D eigenvalue weighted by atomic mass is 10.1. The Morgan fingerprint density at radius 1 is 1.19 bits per heavy atom. The number of amides is 2. The van der Waals surface area contributed by atoms with Crippen molar-refractivity contribution in [3.05, 3.63) is 52.5 Å². The highest BCUT2D eigenvalue weighted by atomic mass is 35.5. The summed E-state index contributed by atoms with van der Waals surface area (Å²) < 4.78 is 11.1. The number of anilines is 1. The maximum absolute atomic E-state index is 12.5. The van der Waals surface area contributed by atoms with Crippen LogP contribution in [0.3, 0.4) is 0 Å². The van der Waals surface area contributed by atoms with Crippen molar-refractivity contribution in [2.75, 3.05) is 31.2 Å². The SMILES string of the molecule is CCOc1ccccc1N1CC(C(=O)NCC(O)COc2cccc(Cl)c2Cl)CC1=O. The molecule has 2 N–H and O–H groups in total. The van der Waals surface area contributed by atoms with Gasteiger partial charge in [-0.3, -0.25) is 9.59 Å². The molecule has 0 saturated carbocycles. The smallest absolute Gasteiger partial charge is 0.227 e. The second-order valence-corrected chi connectivity index (χ2v) is 7.85. The van der Waals surface area contributed by atoms with Crippen molar-refractivity contribution in [3.63, 3.8) is 0 Å². The molecule has 2 aromatic rings. The molecule has 9 heteroatoms. The fourth-order valence-corrected chi connectivity index (χ4v) is 3.62. The number of hydrogen-bond donors (Lipinski definition) is 2. The normalized spacial score (nSPS) is 16.8. The molecule has 7 nitrogen and oxygen atoms in total. The van der Waals surface area contributed by atoms with E-state index in [-0.39, 0.29) is 43.0 Å². The first-order valence-corrected chi connectivity index (χ1v) is 10.7. The van der Waals surface area contributed by atoms with E-state index in [0.717, 1.165) is 0 Å². The van der Waals surface area contributed by atoms with E-state index in [9.17, 15) is 14.7 Å². The number of aliphatic hydroxyl groups excluding tert-OH is 1. The van der Waals surface area contributed by atoms with Gasteiger partial charge in [0.05, 0.1) is 23.2 Å². The number of carbonyl (C=O) groups is 2. The van der Waals surface area contributed by atoms with Crippen LogP contribution < -0.4 is 19.7 Å². The monoisotopic (exact) mass is 466 g/mol. The van der Waals surface area contributed by atoms with Gasteiger partial charge in [-0.1, -0.05) is 41.4 Å². The number of nitrogens with one attached hydrogen (secondary N) is 1. The molecule has 2 unspecified atom stereocenters. The summed E-state index contributed by atoms with van der Waals surface area (Å²) in [4.78, 5) is 26.6. The maximum Gasteiger partial charge on any atom is 0.227 e. The number of halogens is 2. The van der Waals surface area contributed by atoms with Gasteiger partial charge in [-0.05, 0) is 31.2 Å². The first kappa shape index (κ1) is 23.2. The second kappa shape index (κ2) is 10.7. The van der Waals surface area contributed by atoms with E-state index in [0.29, 0.717) is 28.8 Å². The Morgan fingerprint density at radius 2 is 1.94 bits per heavy atom. The molecule has 0 radical (unpaired) electrons. The first-order valence-electron chi connectivity index (χ1n) is 9.95. The van der Waals surface area contributed by atoms with Crippen molar-refractivity contribution in [1.82, 2.24) is 5.32 Å². The summed E-state index contributed by atoms with van der Waals surface area (Å²) in [7, 11) is 0. The molecule has 2 atom stereocenters. The molecule has 1 aliphatic rings. The molecule has 166 valence electrons. The quantitative estimate of drug-likeness (QED) is 0.591. The van der Waals surface area contributed by atoms with E-state index < -0.39 is 12.0 Å². The summed E-state index contributed by atoms with van der Waals surface area (Å²) in [6.45, 7) is 2.51. The van der Waals surface area contributed by atoms with Crippen molar-refractivity contribution in [2.45, 2.75) is 19.4 Å². The lowest BCUT2D eigenvalue weighted by Crippen LogP contribution is -2.39. The number of ether oxygens (including phenoxy) is 2. The highest BCUT2D eigenvalue weighted by Crippen LogP contribution is 2.33. The Hall–Kier alpha value is -2.48. The number of para-hydroxylation sites is 2. The maximum atomic E-state index is 12.5. The van der Waals surface area contributed by atoms with E-state index >= 15 is 0 Å². The fraction of sp³-hybridized carbons (Fsp3) is 0.364. The zero-order valence-electron chi connectivity index (χ0n) is 17.0. The van der Waals surface area contributed by atoms with E-state index in [2.05, 4.69) is 5.32 Å². The van der Waals surface area contributed by atoms with Crippen molar-refractivity contribution in [2.24, 2.45) is 5.92 Å². The average molecular weight is 467 g/mol. The van der Waals surface area contributed by atoms with Crippen LogP contribution in [0.1, 0.15) is 13.3 Å². The third-order valence-corrected chi connectivity index (χ3v) is 5.61. The molecule has 2 aromatic carbocycles. The lowest BCUT2D eigenvalue weighted by Gasteiger charge is -2.20. The minimum Gasteiger partial charge on any atom is -0.492 e. The Bertz CT molecular complexity index is 940. The van der Waals surface area contributed by atoms with Gasteiger partial charge in [0, 0.05) is 19.5 Å². The third kappa shape index (κ3) is 5.81. The van der Waals surface area contributed by atoms with Gasteiger partial charge < -0.3 is 24.8 Å². The Kier molecular flexibility index (Phi) is 8.01. The summed E-state index contributed by atoms with van der Waals surface area (Å²) in [5, 5.41) is 13.4. The molecule has 0 aromatic heterocycles. The van der Waals surface area contributed by atoms with Gasteiger partial charge in [-0.25, -0.2) is 0 Å². The molecular weight excluding hydrogens is 443 g/mol. The van der Waals surface area contributed by atoms with Crippen LogP contribution in [0.5, 0.6) is 11.5 Å². The molecule has 3 rings (SSSR count). The van der Waals surface area contributed by atoms with Gasteiger partial charge >= 0.3 is 0 Å². The molecule has 2 amide bonds. The number of carbonyl (C=O) groups excluding carboxylic acids is 2. The van der Waals surface area contributed by atoms with Crippen LogP contribution in [0.25, 0.3) is 0 Å². The Balaban J connectivity index is 1.51. The zero-order valence-corrected chi connectivity index (χ0v) is 18.5. The van der Waals surface area contributed by atoms with Crippen molar-refractivity contribution >= 4 is 40.7 Å². The average Bonchev–Trinajstić information content (AvgIpc) is 3.15. The van der Waals surface area contributed by atoms with Crippen LogP contribution in [-0.4, -0.2) is 49.3 Å². The van der Waals surface area contributed by atoms with E-state index in [1.165, 1.54) is 0 Å². The van der Waals surface area contributed by atoms with Gasteiger partial charge in [-0.2, -0.15) is 0 Å².